The van der Waals surface area contributed by atoms with Gasteiger partial charge in [-0.2, -0.15) is 0 Å². The van der Waals surface area contributed by atoms with E-state index in [4.69, 9.17) is 10.5 Å². The lowest BCUT2D eigenvalue weighted by Crippen LogP contribution is -2.57. The zero-order valence-corrected chi connectivity index (χ0v) is 22.3. The highest BCUT2D eigenvalue weighted by Crippen LogP contribution is 2.34. The molecule has 0 aliphatic heterocycles. The van der Waals surface area contributed by atoms with E-state index in [1.165, 1.54) is 0 Å². The van der Waals surface area contributed by atoms with Crippen molar-refractivity contribution in [1.29, 1.82) is 0 Å². The molecule has 3 rings (SSSR count). The molecule has 0 bridgehead atoms. The second-order valence-corrected chi connectivity index (χ2v) is 10.6. The maximum absolute atomic E-state index is 14.1. The number of alkyl carbamates (subject to hydrolysis) is 1. The summed E-state index contributed by atoms with van der Waals surface area (Å²) in [5.41, 5.74) is 6.18. The quantitative estimate of drug-likeness (QED) is 0.415. The van der Waals surface area contributed by atoms with Gasteiger partial charge in [-0.05, 0) is 57.6 Å². The molecule has 0 spiro atoms. The summed E-state index contributed by atoms with van der Waals surface area (Å²) in [4.78, 5) is 53.6. The Hall–Kier alpha value is -3.88. The van der Waals surface area contributed by atoms with Crippen LogP contribution in [0.1, 0.15) is 70.0 Å². The molecule has 2 aromatic rings. The lowest BCUT2D eigenvalue weighted by atomic mass is 9.87. The zero-order chi connectivity index (χ0) is 27.7. The number of hydrogen-bond acceptors (Lipinski definition) is 5. The number of nitrogens with two attached hydrogens (primary N) is 1. The molecule has 0 saturated heterocycles. The van der Waals surface area contributed by atoms with Gasteiger partial charge in [0.1, 0.15) is 17.7 Å². The largest absolute Gasteiger partial charge is 0.444 e. The van der Waals surface area contributed by atoms with Crippen LogP contribution < -0.4 is 16.4 Å². The first-order valence-corrected chi connectivity index (χ1v) is 13.0. The standard InChI is InChI=1S/C29H38N4O5/c1-29(2,3)38-28(37)32-23(17-18-24(30)34)27(36)33(22-15-10-16-22)25(21-13-8-5-9-14-21)26(35)31-19-20-11-6-4-7-12-20/h4-9,11-14,22-23,25H,10,15-19H2,1-3H3,(H2,30,34)(H,31,35)(H,32,37). The van der Waals surface area contributed by atoms with Crippen molar-refractivity contribution in [3.8, 4) is 0 Å². The van der Waals surface area contributed by atoms with Crippen LogP contribution in [-0.2, 0) is 25.7 Å². The molecule has 9 heteroatoms. The molecule has 0 radical (unpaired) electrons. The minimum absolute atomic E-state index is 0.0101. The summed E-state index contributed by atoms with van der Waals surface area (Å²) in [7, 11) is 0. The molecule has 2 aromatic carbocycles. The van der Waals surface area contributed by atoms with Crippen molar-refractivity contribution in [3.63, 3.8) is 0 Å². The van der Waals surface area contributed by atoms with Gasteiger partial charge in [0.25, 0.3) is 0 Å². The van der Waals surface area contributed by atoms with Crippen molar-refractivity contribution in [2.75, 3.05) is 0 Å². The summed E-state index contributed by atoms with van der Waals surface area (Å²) >= 11 is 0. The van der Waals surface area contributed by atoms with Gasteiger partial charge in [0, 0.05) is 19.0 Å². The fourth-order valence-electron chi connectivity index (χ4n) is 4.31. The van der Waals surface area contributed by atoms with Crippen LogP contribution in [0.4, 0.5) is 4.79 Å². The van der Waals surface area contributed by atoms with Crippen LogP contribution in [0.5, 0.6) is 0 Å². The Labute approximate surface area is 224 Å². The molecular formula is C29H38N4O5. The third-order valence-corrected chi connectivity index (χ3v) is 6.34. The normalized spacial score (nSPS) is 14.9. The Morgan fingerprint density at radius 3 is 2.13 bits per heavy atom. The summed E-state index contributed by atoms with van der Waals surface area (Å²) in [6.45, 7) is 5.46. The Balaban J connectivity index is 1.93. The minimum atomic E-state index is -1.09. The van der Waals surface area contributed by atoms with Crippen molar-refractivity contribution in [2.45, 2.75) is 83.1 Å². The van der Waals surface area contributed by atoms with Crippen LogP contribution in [0.2, 0.25) is 0 Å². The fourth-order valence-corrected chi connectivity index (χ4v) is 4.31. The lowest BCUT2D eigenvalue weighted by molar-refractivity contribution is -0.147. The van der Waals surface area contributed by atoms with E-state index in [1.54, 1.807) is 25.7 Å². The monoisotopic (exact) mass is 522 g/mol. The molecule has 1 fully saturated rings. The van der Waals surface area contributed by atoms with Gasteiger partial charge in [0.15, 0.2) is 0 Å². The first-order valence-electron chi connectivity index (χ1n) is 13.0. The highest BCUT2D eigenvalue weighted by atomic mass is 16.6. The summed E-state index contributed by atoms with van der Waals surface area (Å²) in [5, 5.41) is 5.60. The van der Waals surface area contributed by atoms with Crippen molar-refractivity contribution < 1.29 is 23.9 Å². The highest BCUT2D eigenvalue weighted by Gasteiger charge is 2.41. The maximum atomic E-state index is 14.1. The molecule has 38 heavy (non-hydrogen) atoms. The van der Waals surface area contributed by atoms with Crippen LogP contribution >= 0.6 is 0 Å². The molecule has 2 atom stereocenters. The second-order valence-electron chi connectivity index (χ2n) is 10.6. The molecule has 1 aliphatic carbocycles. The van der Waals surface area contributed by atoms with Gasteiger partial charge >= 0.3 is 6.09 Å². The molecule has 204 valence electrons. The lowest BCUT2D eigenvalue weighted by Gasteiger charge is -2.43. The summed E-state index contributed by atoms with van der Waals surface area (Å²) in [6.07, 6.45) is 1.49. The number of nitrogens with one attached hydrogen (secondary N) is 2. The molecule has 1 aliphatic rings. The number of hydrogen-bond donors (Lipinski definition) is 3. The number of primary amides is 1. The first-order chi connectivity index (χ1) is 18.0. The van der Waals surface area contributed by atoms with E-state index in [-0.39, 0.29) is 24.8 Å². The van der Waals surface area contributed by atoms with Crippen LogP contribution in [0.15, 0.2) is 60.7 Å². The van der Waals surface area contributed by atoms with Gasteiger partial charge in [0.2, 0.25) is 17.7 Å². The van der Waals surface area contributed by atoms with Crippen molar-refractivity contribution >= 4 is 23.8 Å². The molecule has 1 saturated carbocycles. The average Bonchev–Trinajstić information content (AvgIpc) is 2.83. The summed E-state index contributed by atoms with van der Waals surface area (Å²) < 4.78 is 5.37. The van der Waals surface area contributed by atoms with Crippen LogP contribution in [0, 0.1) is 0 Å². The maximum Gasteiger partial charge on any atom is 0.408 e. The third kappa shape index (κ3) is 8.33. The molecule has 9 nitrogen and oxygen atoms in total. The number of nitrogens with zero attached hydrogens (tertiary/aromatic N) is 1. The third-order valence-electron chi connectivity index (χ3n) is 6.34. The highest BCUT2D eigenvalue weighted by molar-refractivity contribution is 5.92. The first kappa shape index (κ1) is 28.7. The van der Waals surface area contributed by atoms with Crippen molar-refractivity contribution in [1.82, 2.24) is 15.5 Å². The Morgan fingerprint density at radius 1 is 1.00 bits per heavy atom. The molecule has 4 N–H and O–H groups in total. The second kappa shape index (κ2) is 13.1. The zero-order valence-electron chi connectivity index (χ0n) is 22.3. The molecule has 2 unspecified atom stereocenters. The van der Waals surface area contributed by atoms with Gasteiger partial charge in [-0.1, -0.05) is 60.7 Å². The van der Waals surface area contributed by atoms with Crippen molar-refractivity contribution in [3.05, 3.63) is 71.8 Å². The predicted molar refractivity (Wildman–Crippen MR) is 144 cm³/mol. The van der Waals surface area contributed by atoms with Crippen LogP contribution in [0.3, 0.4) is 0 Å². The number of carbonyl (C=O) groups is 4. The van der Waals surface area contributed by atoms with Gasteiger partial charge in [-0.25, -0.2) is 4.79 Å². The van der Waals surface area contributed by atoms with E-state index in [1.807, 2.05) is 60.7 Å². The smallest absolute Gasteiger partial charge is 0.408 e. The number of rotatable bonds is 11. The predicted octanol–water partition coefficient (Wildman–Crippen LogP) is 3.58. The molecule has 4 amide bonds. The van der Waals surface area contributed by atoms with Gasteiger partial charge < -0.3 is 26.0 Å². The van der Waals surface area contributed by atoms with E-state index in [0.717, 1.165) is 24.8 Å². The van der Waals surface area contributed by atoms with E-state index in [2.05, 4.69) is 10.6 Å². The number of amides is 4. The number of benzene rings is 2. The fraction of sp³-hybridized carbons (Fsp3) is 0.448. The summed E-state index contributed by atoms with van der Waals surface area (Å²) in [5.74, 6) is -1.37. The molecule has 0 aromatic heterocycles. The summed E-state index contributed by atoms with van der Waals surface area (Å²) in [6, 6.07) is 16.4. The van der Waals surface area contributed by atoms with E-state index in [9.17, 15) is 19.2 Å². The van der Waals surface area contributed by atoms with Gasteiger partial charge in [0.05, 0.1) is 0 Å². The Morgan fingerprint density at radius 2 is 1.61 bits per heavy atom. The number of ether oxygens (including phenoxy) is 1. The van der Waals surface area contributed by atoms with Crippen molar-refractivity contribution in [2.24, 2.45) is 5.73 Å². The van der Waals surface area contributed by atoms with Crippen LogP contribution in [-0.4, -0.2) is 46.4 Å². The van der Waals surface area contributed by atoms with Crippen LogP contribution in [0.25, 0.3) is 0 Å². The Bertz CT molecular complexity index is 1100. The average molecular weight is 523 g/mol. The topological polar surface area (TPSA) is 131 Å². The van der Waals surface area contributed by atoms with Gasteiger partial charge in [-0.3, -0.25) is 14.4 Å². The van der Waals surface area contributed by atoms with E-state index in [0.29, 0.717) is 12.1 Å². The van der Waals surface area contributed by atoms with E-state index < -0.39 is 35.6 Å². The molecule has 0 heterocycles. The van der Waals surface area contributed by atoms with E-state index >= 15 is 0 Å². The molecular weight excluding hydrogens is 484 g/mol. The number of carbonyl (C=O) groups excluding carboxylic acids is 4. The SMILES string of the molecule is CC(C)(C)OC(=O)NC(CCC(N)=O)C(=O)N(C1CCC1)C(C(=O)NCc1ccccc1)c1ccccc1. The Kier molecular flexibility index (Phi) is 9.87. The minimum Gasteiger partial charge on any atom is -0.444 e. The van der Waals surface area contributed by atoms with Gasteiger partial charge in [-0.15, -0.1) is 0 Å².